The topological polar surface area (TPSA) is 88.9 Å². The van der Waals surface area contributed by atoms with E-state index < -0.39 is 0 Å². The second-order valence-electron chi connectivity index (χ2n) is 8.20. The number of carbonyl (C=O) groups is 2. The van der Waals surface area contributed by atoms with Gasteiger partial charge in [0, 0.05) is 5.56 Å². The monoisotopic (exact) mass is 514 g/mol. The molecule has 1 saturated heterocycles. The predicted molar refractivity (Wildman–Crippen MR) is 142 cm³/mol. The molecule has 37 heavy (non-hydrogen) atoms. The number of nitrogens with zero attached hydrogens (tertiary/aromatic N) is 2. The number of amides is 2. The Bertz CT molecular complexity index is 1380. The number of carbonyl (C=O) groups excluding carboxylic acids is 2. The van der Waals surface area contributed by atoms with Crippen LogP contribution in [0.5, 0.6) is 17.2 Å². The maximum atomic E-state index is 12.9. The van der Waals surface area contributed by atoms with Gasteiger partial charge in [-0.2, -0.15) is 5.26 Å². The molecule has 3 aromatic rings. The molecule has 7 nitrogen and oxygen atoms in total. The van der Waals surface area contributed by atoms with Gasteiger partial charge in [0.2, 0.25) is 0 Å². The number of hydrogen-bond donors (Lipinski definition) is 0. The number of aryl methyl sites for hydroxylation is 1. The summed E-state index contributed by atoms with van der Waals surface area (Å²) in [5, 5.41) is 8.97. The Morgan fingerprint density at radius 2 is 1.81 bits per heavy atom. The second-order valence-corrected chi connectivity index (χ2v) is 9.19. The second kappa shape index (κ2) is 12.2. The van der Waals surface area contributed by atoms with E-state index in [2.05, 4.69) is 6.07 Å². The van der Waals surface area contributed by atoms with E-state index in [9.17, 15) is 14.9 Å². The van der Waals surface area contributed by atoms with Crippen molar-refractivity contribution in [2.75, 3.05) is 19.8 Å². The van der Waals surface area contributed by atoms with E-state index in [0.29, 0.717) is 39.9 Å². The molecule has 2 amide bonds. The number of rotatable bonds is 10. The third kappa shape index (κ3) is 6.51. The summed E-state index contributed by atoms with van der Waals surface area (Å²) in [7, 11) is 0. The van der Waals surface area contributed by atoms with Gasteiger partial charge in [-0.25, -0.2) is 0 Å². The van der Waals surface area contributed by atoms with Gasteiger partial charge in [0.1, 0.15) is 19.0 Å². The first-order chi connectivity index (χ1) is 18.0. The van der Waals surface area contributed by atoms with E-state index in [-0.39, 0.29) is 30.9 Å². The molecule has 0 N–H and O–H groups in total. The van der Waals surface area contributed by atoms with E-state index in [1.54, 1.807) is 36.4 Å². The molecule has 8 heteroatoms. The van der Waals surface area contributed by atoms with Crippen LogP contribution in [0.4, 0.5) is 4.79 Å². The largest absolute Gasteiger partial charge is 0.492 e. The fraction of sp³-hybridized carbons (Fsp3) is 0.207. The first kappa shape index (κ1) is 25.9. The van der Waals surface area contributed by atoms with Gasteiger partial charge in [-0.15, -0.1) is 0 Å². The lowest BCUT2D eigenvalue weighted by Crippen LogP contribution is -2.32. The molecular weight excluding hydrogens is 488 g/mol. The molecule has 1 aliphatic heterocycles. The van der Waals surface area contributed by atoms with Gasteiger partial charge in [-0.3, -0.25) is 14.5 Å². The average Bonchev–Trinajstić information content (AvgIpc) is 3.16. The summed E-state index contributed by atoms with van der Waals surface area (Å²) in [6, 6.07) is 22.3. The van der Waals surface area contributed by atoms with Crippen LogP contribution in [0.3, 0.4) is 0 Å². The highest BCUT2D eigenvalue weighted by Gasteiger charge is 2.34. The molecule has 0 atom stereocenters. The van der Waals surface area contributed by atoms with Gasteiger partial charge >= 0.3 is 0 Å². The first-order valence-electron chi connectivity index (χ1n) is 11.8. The normalized spacial score (nSPS) is 14.1. The van der Waals surface area contributed by atoms with Crippen molar-refractivity contribution in [2.45, 2.75) is 20.5 Å². The molecule has 1 aliphatic rings. The number of ether oxygens (including phenoxy) is 3. The summed E-state index contributed by atoms with van der Waals surface area (Å²) >= 11 is 0.901. The molecule has 4 rings (SSSR count). The van der Waals surface area contributed by atoms with Gasteiger partial charge in [0.05, 0.1) is 29.7 Å². The van der Waals surface area contributed by atoms with Crippen LogP contribution in [0.1, 0.15) is 29.2 Å². The Labute approximate surface area is 220 Å². The van der Waals surface area contributed by atoms with Gasteiger partial charge in [0.25, 0.3) is 11.1 Å². The minimum atomic E-state index is -0.353. The van der Waals surface area contributed by atoms with E-state index in [4.69, 9.17) is 14.2 Å². The molecule has 0 saturated carbocycles. The fourth-order valence-electron chi connectivity index (χ4n) is 3.72. The van der Waals surface area contributed by atoms with Crippen LogP contribution < -0.4 is 14.2 Å². The van der Waals surface area contributed by atoms with Crippen molar-refractivity contribution in [3.8, 4) is 23.3 Å². The zero-order valence-corrected chi connectivity index (χ0v) is 21.4. The zero-order valence-electron chi connectivity index (χ0n) is 20.6. The molecule has 1 heterocycles. The predicted octanol–water partition coefficient (Wildman–Crippen LogP) is 5.96. The molecule has 0 aromatic heterocycles. The maximum absolute atomic E-state index is 12.9. The highest BCUT2D eigenvalue weighted by molar-refractivity contribution is 8.18. The Balaban J connectivity index is 1.43. The van der Waals surface area contributed by atoms with Crippen LogP contribution in [0, 0.1) is 18.3 Å². The summed E-state index contributed by atoms with van der Waals surface area (Å²) in [4.78, 5) is 26.9. The molecule has 3 aromatic carbocycles. The van der Waals surface area contributed by atoms with E-state index in [1.807, 2.05) is 50.2 Å². The lowest BCUT2D eigenvalue weighted by atomic mass is 10.1. The van der Waals surface area contributed by atoms with Crippen molar-refractivity contribution in [2.24, 2.45) is 0 Å². The van der Waals surface area contributed by atoms with Gasteiger partial charge in [-0.1, -0.05) is 36.4 Å². The van der Waals surface area contributed by atoms with Gasteiger partial charge < -0.3 is 14.2 Å². The van der Waals surface area contributed by atoms with Crippen LogP contribution in [-0.2, 0) is 11.4 Å². The quantitative estimate of drug-likeness (QED) is 0.308. The zero-order chi connectivity index (χ0) is 26.2. The first-order valence-corrected chi connectivity index (χ1v) is 12.6. The van der Waals surface area contributed by atoms with Crippen molar-refractivity contribution >= 4 is 29.0 Å². The standard InChI is InChI=1S/C29H26N2O5S/c1-3-34-26-16-21(11-12-25(26)36-19-23-9-5-4-8-22(23)18-30)17-27-28(32)31(29(33)37-27)13-14-35-24-10-6-7-20(2)15-24/h4-12,15-17H,3,13-14,19H2,1-2H3/b27-17-. The Kier molecular flexibility index (Phi) is 8.49. The SMILES string of the molecule is CCOc1cc(/C=C2\SC(=O)N(CCOc3cccc(C)c3)C2=O)ccc1OCc1ccccc1C#N. The third-order valence-electron chi connectivity index (χ3n) is 5.53. The molecule has 0 spiro atoms. The summed E-state index contributed by atoms with van der Waals surface area (Å²) in [6.07, 6.45) is 1.67. The summed E-state index contributed by atoms with van der Waals surface area (Å²) in [5.74, 6) is 1.38. The lowest BCUT2D eigenvalue weighted by Gasteiger charge is -2.14. The maximum Gasteiger partial charge on any atom is 0.293 e. The summed E-state index contributed by atoms with van der Waals surface area (Å²) < 4.78 is 17.4. The number of imide groups is 1. The fourth-order valence-corrected chi connectivity index (χ4v) is 4.58. The Morgan fingerprint density at radius 1 is 0.973 bits per heavy atom. The van der Waals surface area contributed by atoms with Crippen LogP contribution in [0.25, 0.3) is 6.08 Å². The van der Waals surface area contributed by atoms with E-state index in [0.717, 1.165) is 22.9 Å². The number of hydrogen-bond acceptors (Lipinski definition) is 7. The van der Waals surface area contributed by atoms with E-state index >= 15 is 0 Å². The van der Waals surface area contributed by atoms with Crippen molar-refractivity contribution < 1.29 is 23.8 Å². The number of nitriles is 1. The van der Waals surface area contributed by atoms with Gasteiger partial charge in [0.15, 0.2) is 11.5 Å². The van der Waals surface area contributed by atoms with Crippen molar-refractivity contribution in [3.63, 3.8) is 0 Å². The van der Waals surface area contributed by atoms with Crippen molar-refractivity contribution in [1.82, 2.24) is 4.90 Å². The summed E-state index contributed by atoms with van der Waals surface area (Å²) in [5.41, 5.74) is 3.10. The molecule has 1 fully saturated rings. The summed E-state index contributed by atoms with van der Waals surface area (Å²) in [6.45, 7) is 4.85. The van der Waals surface area contributed by atoms with Crippen molar-refractivity contribution in [1.29, 1.82) is 5.26 Å². The molecule has 0 bridgehead atoms. The van der Waals surface area contributed by atoms with Crippen LogP contribution >= 0.6 is 11.8 Å². The minimum Gasteiger partial charge on any atom is -0.492 e. The van der Waals surface area contributed by atoms with Gasteiger partial charge in [-0.05, 0) is 73.1 Å². The average molecular weight is 515 g/mol. The number of benzene rings is 3. The van der Waals surface area contributed by atoms with Crippen LogP contribution in [0.15, 0.2) is 71.6 Å². The van der Waals surface area contributed by atoms with Crippen molar-refractivity contribution in [3.05, 3.63) is 93.9 Å². The number of thioether (sulfide) groups is 1. The molecule has 0 unspecified atom stereocenters. The highest BCUT2D eigenvalue weighted by Crippen LogP contribution is 2.35. The Hall–Kier alpha value is -4.22. The highest BCUT2D eigenvalue weighted by atomic mass is 32.2. The Morgan fingerprint density at radius 3 is 2.59 bits per heavy atom. The molecular formula is C29H26N2O5S. The smallest absolute Gasteiger partial charge is 0.293 e. The molecule has 0 aliphatic carbocycles. The lowest BCUT2D eigenvalue weighted by molar-refractivity contribution is -0.123. The van der Waals surface area contributed by atoms with Crippen LogP contribution in [-0.4, -0.2) is 35.8 Å². The third-order valence-corrected chi connectivity index (χ3v) is 6.44. The molecule has 188 valence electrons. The van der Waals surface area contributed by atoms with E-state index in [1.165, 1.54) is 4.90 Å². The minimum absolute atomic E-state index is 0.164. The molecule has 0 radical (unpaired) electrons. The van der Waals surface area contributed by atoms with Crippen LogP contribution in [0.2, 0.25) is 0 Å².